The van der Waals surface area contributed by atoms with Gasteiger partial charge < -0.3 is 21.3 Å². The Morgan fingerprint density at radius 1 is 0.567 bits per heavy atom. The minimum atomic E-state index is -0.291. The Balaban J connectivity index is 1.40. The van der Waals surface area contributed by atoms with Crippen LogP contribution in [0.2, 0.25) is 0 Å². The summed E-state index contributed by atoms with van der Waals surface area (Å²) < 4.78 is 25.9. The maximum atomic E-state index is 12.9. The molecule has 154 valence electrons. The summed E-state index contributed by atoms with van der Waals surface area (Å²) >= 11 is 10.5. The van der Waals surface area contributed by atoms with Gasteiger partial charge in [0.25, 0.3) is 0 Å². The first-order chi connectivity index (χ1) is 14.5. The van der Waals surface area contributed by atoms with Gasteiger partial charge in [0.05, 0.1) is 0 Å². The molecule has 4 N–H and O–H groups in total. The number of halogens is 2. The van der Waals surface area contributed by atoms with E-state index in [1.54, 1.807) is 24.3 Å². The van der Waals surface area contributed by atoms with Crippen LogP contribution in [0, 0.1) is 11.6 Å². The van der Waals surface area contributed by atoms with E-state index in [1.165, 1.54) is 24.3 Å². The molecule has 30 heavy (non-hydrogen) atoms. The number of thiocarbonyl (C=S) groups is 2. The summed E-state index contributed by atoms with van der Waals surface area (Å²) in [5.74, 6) is -0.581. The Morgan fingerprint density at radius 2 is 0.900 bits per heavy atom. The highest BCUT2D eigenvalue weighted by molar-refractivity contribution is 7.80. The molecule has 0 unspecified atom stereocenters. The van der Waals surface area contributed by atoms with Gasteiger partial charge in [-0.15, -0.1) is 0 Å². The van der Waals surface area contributed by atoms with Crippen LogP contribution in [0.1, 0.15) is 11.1 Å². The van der Waals surface area contributed by atoms with Crippen LogP contribution in [-0.4, -0.2) is 10.2 Å². The summed E-state index contributed by atoms with van der Waals surface area (Å²) in [6.07, 6.45) is 0. The number of hydrogen-bond donors (Lipinski definition) is 4. The highest BCUT2D eigenvalue weighted by Gasteiger charge is 2.01. The average molecular weight is 443 g/mol. The first-order valence-electron chi connectivity index (χ1n) is 9.16. The lowest BCUT2D eigenvalue weighted by atomic mass is 10.1. The predicted octanol–water partition coefficient (Wildman–Crippen LogP) is 4.94. The van der Waals surface area contributed by atoms with Gasteiger partial charge >= 0.3 is 0 Å². The van der Waals surface area contributed by atoms with Crippen LogP contribution < -0.4 is 21.3 Å². The zero-order valence-electron chi connectivity index (χ0n) is 15.9. The monoisotopic (exact) mass is 442 g/mol. The van der Waals surface area contributed by atoms with Gasteiger partial charge in [-0.05, 0) is 84.1 Å². The molecular formula is C22H20F2N4S2. The number of hydrogen-bond acceptors (Lipinski definition) is 2. The van der Waals surface area contributed by atoms with Crippen molar-refractivity contribution in [2.24, 2.45) is 0 Å². The second-order valence-electron chi connectivity index (χ2n) is 6.45. The molecule has 0 aromatic heterocycles. The lowest BCUT2D eigenvalue weighted by molar-refractivity contribution is 0.627. The molecule has 0 amide bonds. The van der Waals surface area contributed by atoms with E-state index >= 15 is 0 Å². The summed E-state index contributed by atoms with van der Waals surface area (Å²) in [7, 11) is 0. The summed E-state index contributed by atoms with van der Waals surface area (Å²) in [4.78, 5) is 0. The van der Waals surface area contributed by atoms with Crippen molar-refractivity contribution in [1.29, 1.82) is 0 Å². The smallest absolute Gasteiger partial charge is 0.171 e. The van der Waals surface area contributed by atoms with Gasteiger partial charge in [-0.2, -0.15) is 0 Å². The molecule has 4 nitrogen and oxygen atoms in total. The predicted molar refractivity (Wildman–Crippen MR) is 125 cm³/mol. The maximum absolute atomic E-state index is 12.9. The summed E-state index contributed by atoms with van der Waals surface area (Å²) in [5.41, 5.74) is 3.57. The van der Waals surface area contributed by atoms with E-state index in [2.05, 4.69) is 21.3 Å². The molecule has 0 atom stereocenters. The molecule has 3 rings (SSSR count). The highest BCUT2D eigenvalue weighted by Crippen LogP contribution is 2.10. The molecule has 0 bridgehead atoms. The second kappa shape index (κ2) is 10.6. The molecule has 0 saturated heterocycles. The van der Waals surface area contributed by atoms with Gasteiger partial charge in [0.2, 0.25) is 0 Å². The van der Waals surface area contributed by atoms with Crippen LogP contribution in [0.4, 0.5) is 20.2 Å². The molecule has 0 aliphatic rings. The molecule has 3 aromatic rings. The SMILES string of the molecule is Fc1ccc(NC(=S)NCc2ccc(CNC(=S)Nc3ccc(F)cc3)cc2)cc1. The van der Waals surface area contributed by atoms with Crippen molar-refractivity contribution in [3.05, 3.63) is 95.6 Å². The van der Waals surface area contributed by atoms with Crippen molar-refractivity contribution in [2.45, 2.75) is 13.1 Å². The van der Waals surface area contributed by atoms with Crippen LogP contribution in [0.3, 0.4) is 0 Å². The van der Waals surface area contributed by atoms with E-state index in [0.29, 0.717) is 23.3 Å². The zero-order valence-corrected chi connectivity index (χ0v) is 17.5. The van der Waals surface area contributed by atoms with Crippen molar-refractivity contribution in [3.8, 4) is 0 Å². The minimum Gasteiger partial charge on any atom is -0.358 e. The molecule has 0 saturated carbocycles. The van der Waals surface area contributed by atoms with E-state index in [0.717, 1.165) is 22.5 Å². The van der Waals surface area contributed by atoms with Crippen LogP contribution in [0.15, 0.2) is 72.8 Å². The van der Waals surface area contributed by atoms with E-state index < -0.39 is 0 Å². The van der Waals surface area contributed by atoms with Crippen LogP contribution in [0.5, 0.6) is 0 Å². The normalized spacial score (nSPS) is 10.2. The lowest BCUT2D eigenvalue weighted by Gasteiger charge is -2.12. The molecule has 0 aliphatic heterocycles. The van der Waals surface area contributed by atoms with E-state index in [-0.39, 0.29) is 11.6 Å². The first kappa shape index (κ1) is 21.6. The Bertz CT molecular complexity index is 909. The topological polar surface area (TPSA) is 48.1 Å². The molecule has 8 heteroatoms. The first-order valence-corrected chi connectivity index (χ1v) is 9.98. The fourth-order valence-corrected chi connectivity index (χ4v) is 2.94. The molecule has 0 aliphatic carbocycles. The summed E-state index contributed by atoms with van der Waals surface area (Å²) in [6, 6.07) is 20.0. The van der Waals surface area contributed by atoms with Crippen molar-refractivity contribution in [2.75, 3.05) is 10.6 Å². The number of rotatable bonds is 6. The average Bonchev–Trinajstić information content (AvgIpc) is 2.75. The third-order valence-electron chi connectivity index (χ3n) is 4.13. The van der Waals surface area contributed by atoms with Gasteiger partial charge in [0.1, 0.15) is 11.6 Å². The fraction of sp³-hybridized carbons (Fsp3) is 0.0909. The number of nitrogens with one attached hydrogen (secondary N) is 4. The van der Waals surface area contributed by atoms with Crippen molar-refractivity contribution in [3.63, 3.8) is 0 Å². The lowest BCUT2D eigenvalue weighted by Crippen LogP contribution is -2.28. The zero-order chi connectivity index (χ0) is 21.3. The highest BCUT2D eigenvalue weighted by atomic mass is 32.1. The quantitative estimate of drug-likeness (QED) is 0.406. The molecule has 0 fully saturated rings. The largest absolute Gasteiger partial charge is 0.358 e. The van der Waals surface area contributed by atoms with Crippen LogP contribution >= 0.6 is 24.4 Å². The number of anilines is 2. The molecule has 0 radical (unpaired) electrons. The molecule has 0 spiro atoms. The number of benzene rings is 3. The Kier molecular flexibility index (Phi) is 7.64. The molecule has 3 aromatic carbocycles. The van der Waals surface area contributed by atoms with Crippen molar-refractivity contribution in [1.82, 2.24) is 10.6 Å². The van der Waals surface area contributed by atoms with E-state index in [9.17, 15) is 8.78 Å². The maximum Gasteiger partial charge on any atom is 0.171 e. The van der Waals surface area contributed by atoms with Gasteiger partial charge in [-0.25, -0.2) is 8.78 Å². The molecular weight excluding hydrogens is 422 g/mol. The van der Waals surface area contributed by atoms with E-state index in [4.69, 9.17) is 24.4 Å². The summed E-state index contributed by atoms with van der Waals surface area (Å²) in [5, 5.41) is 13.2. The second-order valence-corrected chi connectivity index (χ2v) is 7.26. The van der Waals surface area contributed by atoms with Crippen molar-refractivity contribution >= 4 is 46.0 Å². The van der Waals surface area contributed by atoms with Gasteiger partial charge in [-0.1, -0.05) is 24.3 Å². The third-order valence-corrected chi connectivity index (χ3v) is 4.63. The van der Waals surface area contributed by atoms with Gasteiger partial charge in [0.15, 0.2) is 10.2 Å². The van der Waals surface area contributed by atoms with Crippen LogP contribution in [0.25, 0.3) is 0 Å². The Hall–Kier alpha value is -3.10. The molecule has 0 heterocycles. The third kappa shape index (κ3) is 7.06. The van der Waals surface area contributed by atoms with Gasteiger partial charge in [0, 0.05) is 24.5 Å². The van der Waals surface area contributed by atoms with Crippen molar-refractivity contribution < 1.29 is 8.78 Å². The standard InChI is InChI=1S/C22H20F2N4S2/c23-17-5-9-19(10-6-17)27-21(29)25-13-15-1-2-16(4-3-15)14-26-22(30)28-20-11-7-18(24)8-12-20/h1-12H,13-14H2,(H2,25,27,29)(H2,26,28,30). The fourth-order valence-electron chi connectivity index (χ4n) is 2.56. The van der Waals surface area contributed by atoms with Gasteiger partial charge in [-0.3, -0.25) is 0 Å². The summed E-state index contributed by atoms with van der Waals surface area (Å²) in [6.45, 7) is 1.12. The van der Waals surface area contributed by atoms with Crippen LogP contribution in [-0.2, 0) is 13.1 Å². The van der Waals surface area contributed by atoms with E-state index in [1.807, 2.05) is 24.3 Å². The Morgan fingerprint density at radius 3 is 1.23 bits per heavy atom. The minimum absolute atomic E-state index is 0.291. The Labute approximate surface area is 184 Å².